The zero-order valence-corrected chi connectivity index (χ0v) is 15.1. The Labute approximate surface area is 158 Å². The van der Waals surface area contributed by atoms with Crippen LogP contribution in [0.1, 0.15) is 15.9 Å². The minimum absolute atomic E-state index is 0.313. The van der Waals surface area contributed by atoms with Gasteiger partial charge < -0.3 is 15.5 Å². The van der Waals surface area contributed by atoms with Gasteiger partial charge in [-0.1, -0.05) is 12.1 Å². The Bertz CT molecular complexity index is 973. The molecule has 2 aromatic carbocycles. The number of benzene rings is 2. The summed E-state index contributed by atoms with van der Waals surface area (Å²) in [6.45, 7) is 0. The van der Waals surface area contributed by atoms with Crippen LogP contribution in [0.5, 0.6) is 0 Å². The van der Waals surface area contributed by atoms with E-state index in [4.69, 9.17) is 5.26 Å². The minimum atomic E-state index is -0.313. The third-order valence-electron chi connectivity index (χ3n) is 3.98. The van der Waals surface area contributed by atoms with E-state index in [9.17, 15) is 4.79 Å². The second-order valence-electron chi connectivity index (χ2n) is 6.11. The van der Waals surface area contributed by atoms with Gasteiger partial charge in [0.15, 0.2) is 0 Å². The Balaban J connectivity index is 1.67. The first-order chi connectivity index (χ1) is 13.1. The highest BCUT2D eigenvalue weighted by molar-refractivity contribution is 6.04. The van der Waals surface area contributed by atoms with Crippen LogP contribution in [0.15, 0.2) is 66.9 Å². The summed E-state index contributed by atoms with van der Waals surface area (Å²) in [5.74, 6) is 0.327. The van der Waals surface area contributed by atoms with Gasteiger partial charge in [-0.3, -0.25) is 4.79 Å². The molecule has 0 bridgehead atoms. The number of rotatable bonds is 5. The van der Waals surface area contributed by atoms with E-state index in [0.717, 1.165) is 11.4 Å². The molecule has 0 saturated carbocycles. The Morgan fingerprint density at radius 1 is 1.04 bits per heavy atom. The number of pyridine rings is 1. The van der Waals surface area contributed by atoms with Crippen molar-refractivity contribution in [2.45, 2.75) is 0 Å². The number of hydrogen-bond acceptors (Lipinski definition) is 5. The number of nitriles is 1. The van der Waals surface area contributed by atoms with Gasteiger partial charge in [0.2, 0.25) is 0 Å². The van der Waals surface area contributed by atoms with Crippen molar-refractivity contribution in [3.05, 3.63) is 78.0 Å². The van der Waals surface area contributed by atoms with E-state index in [1.165, 1.54) is 6.20 Å². The minimum Gasteiger partial charge on any atom is -0.378 e. The van der Waals surface area contributed by atoms with Crippen LogP contribution in [0.3, 0.4) is 0 Å². The van der Waals surface area contributed by atoms with Crippen molar-refractivity contribution in [1.29, 1.82) is 5.26 Å². The molecule has 27 heavy (non-hydrogen) atoms. The molecule has 2 N–H and O–H groups in total. The fraction of sp³-hybridized carbons (Fsp3) is 0.0952. The SMILES string of the molecule is CN(C)c1ccc(Nc2ccc(C(=O)Nc3ccccc3C#N)cn2)cc1. The normalized spacial score (nSPS) is 9.96. The number of para-hydroxylation sites is 1. The Kier molecular flexibility index (Phi) is 5.33. The van der Waals surface area contributed by atoms with Crippen molar-refractivity contribution in [2.24, 2.45) is 0 Å². The molecule has 3 rings (SSSR count). The number of anilines is 4. The van der Waals surface area contributed by atoms with Gasteiger partial charge in [0.05, 0.1) is 16.8 Å². The molecule has 0 aliphatic carbocycles. The molecule has 0 unspecified atom stereocenters. The van der Waals surface area contributed by atoms with Crippen LogP contribution in [0.25, 0.3) is 0 Å². The fourth-order valence-electron chi connectivity index (χ4n) is 2.48. The van der Waals surface area contributed by atoms with Crippen LogP contribution < -0.4 is 15.5 Å². The third kappa shape index (κ3) is 4.41. The van der Waals surface area contributed by atoms with Crippen molar-refractivity contribution >= 4 is 28.8 Å². The molecule has 1 heterocycles. The topological polar surface area (TPSA) is 81.0 Å². The van der Waals surface area contributed by atoms with Crippen LogP contribution in [-0.2, 0) is 0 Å². The van der Waals surface area contributed by atoms with Gasteiger partial charge in [-0.15, -0.1) is 0 Å². The number of carbonyl (C=O) groups excluding carboxylic acids is 1. The third-order valence-corrected chi connectivity index (χ3v) is 3.98. The number of hydrogen-bond donors (Lipinski definition) is 2. The Morgan fingerprint density at radius 2 is 1.78 bits per heavy atom. The summed E-state index contributed by atoms with van der Waals surface area (Å²) in [6.07, 6.45) is 1.50. The largest absolute Gasteiger partial charge is 0.378 e. The van der Waals surface area contributed by atoms with E-state index in [1.54, 1.807) is 36.4 Å². The highest BCUT2D eigenvalue weighted by Crippen LogP contribution is 2.20. The number of nitrogens with one attached hydrogen (secondary N) is 2. The lowest BCUT2D eigenvalue weighted by molar-refractivity contribution is 0.102. The summed E-state index contributed by atoms with van der Waals surface area (Å²) in [4.78, 5) is 18.7. The molecule has 0 spiro atoms. The molecule has 0 aliphatic rings. The van der Waals surface area contributed by atoms with Gasteiger partial charge in [-0.25, -0.2) is 4.98 Å². The standard InChI is InChI=1S/C21H19N5O/c1-26(2)18-10-8-17(9-11-18)24-20-12-7-16(14-23-20)21(27)25-19-6-4-3-5-15(19)13-22/h3-12,14H,1-2H3,(H,23,24)(H,25,27). The smallest absolute Gasteiger partial charge is 0.257 e. The van der Waals surface area contributed by atoms with E-state index >= 15 is 0 Å². The molecule has 134 valence electrons. The second kappa shape index (κ2) is 8.02. The quantitative estimate of drug-likeness (QED) is 0.721. The first kappa shape index (κ1) is 18.0. The monoisotopic (exact) mass is 357 g/mol. The van der Waals surface area contributed by atoms with E-state index in [1.807, 2.05) is 43.3 Å². The van der Waals surface area contributed by atoms with Crippen molar-refractivity contribution in [3.63, 3.8) is 0 Å². The predicted octanol–water partition coefficient (Wildman–Crippen LogP) is 4.02. The zero-order chi connectivity index (χ0) is 19.2. The van der Waals surface area contributed by atoms with Gasteiger partial charge >= 0.3 is 0 Å². The van der Waals surface area contributed by atoms with Crippen LogP contribution in [0.2, 0.25) is 0 Å². The molecule has 1 aromatic heterocycles. The zero-order valence-electron chi connectivity index (χ0n) is 15.1. The summed E-state index contributed by atoms with van der Waals surface area (Å²) < 4.78 is 0. The van der Waals surface area contributed by atoms with Gasteiger partial charge in [-0.05, 0) is 48.5 Å². The average Bonchev–Trinajstić information content (AvgIpc) is 2.69. The second-order valence-corrected chi connectivity index (χ2v) is 6.11. The Morgan fingerprint density at radius 3 is 2.41 bits per heavy atom. The summed E-state index contributed by atoms with van der Waals surface area (Å²) >= 11 is 0. The maximum atomic E-state index is 12.4. The van der Waals surface area contributed by atoms with Gasteiger partial charge in [0.1, 0.15) is 11.9 Å². The lowest BCUT2D eigenvalue weighted by Crippen LogP contribution is -2.13. The Hall–Kier alpha value is -3.85. The summed E-state index contributed by atoms with van der Waals surface area (Å²) in [6, 6.07) is 20.3. The first-order valence-electron chi connectivity index (χ1n) is 8.38. The van der Waals surface area contributed by atoms with Crippen LogP contribution in [0.4, 0.5) is 22.9 Å². The van der Waals surface area contributed by atoms with Crippen molar-refractivity contribution in [3.8, 4) is 6.07 Å². The van der Waals surface area contributed by atoms with Crippen molar-refractivity contribution < 1.29 is 4.79 Å². The molecular weight excluding hydrogens is 338 g/mol. The number of nitrogens with zero attached hydrogens (tertiary/aromatic N) is 3. The van der Waals surface area contributed by atoms with Gasteiger partial charge in [0, 0.05) is 31.7 Å². The summed E-state index contributed by atoms with van der Waals surface area (Å²) in [7, 11) is 3.98. The van der Waals surface area contributed by atoms with E-state index in [0.29, 0.717) is 22.6 Å². The van der Waals surface area contributed by atoms with E-state index in [-0.39, 0.29) is 5.91 Å². The number of amides is 1. The fourth-order valence-corrected chi connectivity index (χ4v) is 2.48. The van der Waals surface area contributed by atoms with Crippen LogP contribution in [-0.4, -0.2) is 25.0 Å². The van der Waals surface area contributed by atoms with Crippen LogP contribution in [0, 0.1) is 11.3 Å². The molecular formula is C21H19N5O. The molecule has 6 nitrogen and oxygen atoms in total. The molecule has 0 fully saturated rings. The molecule has 0 saturated heterocycles. The van der Waals surface area contributed by atoms with Crippen molar-refractivity contribution in [1.82, 2.24) is 4.98 Å². The average molecular weight is 357 g/mol. The molecule has 0 radical (unpaired) electrons. The maximum absolute atomic E-state index is 12.4. The molecule has 1 amide bonds. The molecule has 3 aromatic rings. The lowest BCUT2D eigenvalue weighted by atomic mass is 10.2. The van der Waals surface area contributed by atoms with Crippen LogP contribution >= 0.6 is 0 Å². The molecule has 0 atom stereocenters. The summed E-state index contributed by atoms with van der Waals surface area (Å²) in [5, 5.41) is 15.0. The highest BCUT2D eigenvalue weighted by Gasteiger charge is 2.09. The van der Waals surface area contributed by atoms with E-state index in [2.05, 4.69) is 21.7 Å². The lowest BCUT2D eigenvalue weighted by Gasteiger charge is -2.13. The molecule has 0 aliphatic heterocycles. The first-order valence-corrected chi connectivity index (χ1v) is 8.38. The van der Waals surface area contributed by atoms with Crippen molar-refractivity contribution in [2.75, 3.05) is 29.6 Å². The maximum Gasteiger partial charge on any atom is 0.257 e. The number of carbonyl (C=O) groups is 1. The van der Waals surface area contributed by atoms with E-state index < -0.39 is 0 Å². The number of aromatic nitrogens is 1. The van der Waals surface area contributed by atoms with Gasteiger partial charge in [0.25, 0.3) is 5.91 Å². The predicted molar refractivity (Wildman–Crippen MR) is 107 cm³/mol. The van der Waals surface area contributed by atoms with Gasteiger partial charge in [-0.2, -0.15) is 5.26 Å². The summed E-state index contributed by atoms with van der Waals surface area (Å²) in [5.41, 5.74) is 3.33. The highest BCUT2D eigenvalue weighted by atomic mass is 16.1. The molecule has 6 heteroatoms.